The van der Waals surface area contributed by atoms with Crippen molar-refractivity contribution in [2.24, 2.45) is 0 Å². The predicted molar refractivity (Wildman–Crippen MR) is 130 cm³/mol. The van der Waals surface area contributed by atoms with E-state index in [9.17, 15) is 5.26 Å². The van der Waals surface area contributed by atoms with Crippen LogP contribution in [-0.2, 0) is 5.54 Å². The average molecular weight is 463 g/mol. The average Bonchev–Trinajstić information content (AvgIpc) is 3.45. The van der Waals surface area contributed by atoms with Crippen LogP contribution in [0.2, 0.25) is 0 Å². The minimum atomic E-state index is -0.102. The van der Waals surface area contributed by atoms with Crippen molar-refractivity contribution in [3.05, 3.63) is 60.6 Å². The highest BCUT2D eigenvalue weighted by Crippen LogP contribution is 2.44. The van der Waals surface area contributed by atoms with Gasteiger partial charge in [-0.3, -0.25) is 0 Å². The molecule has 1 saturated carbocycles. The fourth-order valence-electron chi connectivity index (χ4n) is 4.75. The number of fused-ring (bicyclic) bond motifs is 1. The first-order valence-corrected chi connectivity index (χ1v) is 11.4. The van der Waals surface area contributed by atoms with Gasteiger partial charge in [-0.1, -0.05) is 6.07 Å². The smallest absolute Gasteiger partial charge is 0.219 e. The maximum atomic E-state index is 9.60. The number of rotatable bonds is 4. The van der Waals surface area contributed by atoms with Crippen molar-refractivity contribution in [3.8, 4) is 34.4 Å². The summed E-state index contributed by atoms with van der Waals surface area (Å²) in [4.78, 5) is 22.3. The molecule has 0 spiro atoms. The molecule has 1 aromatic carbocycles. The summed E-state index contributed by atoms with van der Waals surface area (Å²) in [6.45, 7) is 4.13. The molecule has 0 radical (unpaired) electrons. The molecule has 10 nitrogen and oxygen atoms in total. The molecular formula is C25H22N10. The van der Waals surface area contributed by atoms with Gasteiger partial charge in [0.05, 0.1) is 16.7 Å². The standard InChI is InChI=1S/C25H22N10/c1-15-30-14-31-35(15)21-7-5-18(11-26)32-22(21)23-33-19-10-16(17-12-28-24(27)29-13-17)4-6-20(19)34(23)25(2)8-3-9-25/h4-7,10,12-14H,3,8-9H2,1-2H3,(H2,27,28,29). The molecular weight excluding hydrogens is 440 g/mol. The first kappa shape index (κ1) is 20.9. The number of hydrogen-bond acceptors (Lipinski definition) is 8. The van der Waals surface area contributed by atoms with E-state index in [1.54, 1.807) is 23.1 Å². The Hall–Kier alpha value is -4.65. The molecule has 0 amide bonds. The lowest BCUT2D eigenvalue weighted by Gasteiger charge is -2.41. The molecule has 4 aromatic heterocycles. The second kappa shape index (κ2) is 7.70. The van der Waals surface area contributed by atoms with Crippen LogP contribution < -0.4 is 5.73 Å². The van der Waals surface area contributed by atoms with E-state index < -0.39 is 0 Å². The summed E-state index contributed by atoms with van der Waals surface area (Å²) in [7, 11) is 0. The SMILES string of the molecule is Cc1ncnn1-c1ccc(C#N)nc1-c1nc2cc(-c3cnc(N)nc3)ccc2n1C1(C)CCC1. The molecule has 35 heavy (non-hydrogen) atoms. The number of anilines is 1. The molecule has 10 heteroatoms. The zero-order chi connectivity index (χ0) is 24.2. The summed E-state index contributed by atoms with van der Waals surface area (Å²) in [5.41, 5.74) is 10.8. The third-order valence-corrected chi connectivity index (χ3v) is 6.78. The number of benzene rings is 1. The van der Waals surface area contributed by atoms with Crippen LogP contribution >= 0.6 is 0 Å². The molecule has 4 heterocycles. The summed E-state index contributed by atoms with van der Waals surface area (Å²) < 4.78 is 4.00. The minimum Gasteiger partial charge on any atom is -0.368 e. The Bertz CT molecular complexity index is 1620. The van der Waals surface area contributed by atoms with E-state index in [1.165, 1.54) is 6.33 Å². The summed E-state index contributed by atoms with van der Waals surface area (Å²) in [6, 6.07) is 11.9. The molecule has 0 aliphatic heterocycles. The highest BCUT2D eigenvalue weighted by molar-refractivity contribution is 5.86. The van der Waals surface area contributed by atoms with Gasteiger partial charge in [0.25, 0.3) is 0 Å². The van der Waals surface area contributed by atoms with Crippen molar-refractivity contribution in [2.45, 2.75) is 38.6 Å². The lowest BCUT2D eigenvalue weighted by molar-refractivity contribution is 0.176. The number of pyridine rings is 1. The molecule has 1 aliphatic carbocycles. The monoisotopic (exact) mass is 462 g/mol. The summed E-state index contributed by atoms with van der Waals surface area (Å²) in [6.07, 6.45) is 8.14. The predicted octanol–water partition coefficient (Wildman–Crippen LogP) is 3.80. The van der Waals surface area contributed by atoms with Gasteiger partial charge in [0.1, 0.15) is 29.6 Å². The fraction of sp³-hybridized carbons (Fsp3) is 0.240. The van der Waals surface area contributed by atoms with E-state index in [1.807, 2.05) is 25.1 Å². The molecule has 2 N–H and O–H groups in total. The van der Waals surface area contributed by atoms with Crippen LogP contribution in [0, 0.1) is 18.3 Å². The number of aryl methyl sites for hydroxylation is 1. The minimum absolute atomic E-state index is 0.102. The summed E-state index contributed by atoms with van der Waals surface area (Å²) >= 11 is 0. The van der Waals surface area contributed by atoms with Gasteiger partial charge in [0.2, 0.25) is 5.95 Å². The number of nitrogens with zero attached hydrogens (tertiary/aromatic N) is 9. The van der Waals surface area contributed by atoms with Crippen LogP contribution in [0.4, 0.5) is 5.95 Å². The van der Waals surface area contributed by atoms with Gasteiger partial charge in [-0.15, -0.1) is 0 Å². The van der Waals surface area contributed by atoms with Gasteiger partial charge in [-0.2, -0.15) is 10.4 Å². The first-order chi connectivity index (χ1) is 17.0. The van der Waals surface area contributed by atoms with Crippen LogP contribution in [-0.4, -0.2) is 39.3 Å². The molecule has 0 unspecified atom stereocenters. The quantitative estimate of drug-likeness (QED) is 0.426. The lowest BCUT2D eigenvalue weighted by Crippen LogP contribution is -2.37. The highest BCUT2D eigenvalue weighted by atomic mass is 15.3. The Kier molecular flexibility index (Phi) is 4.60. The van der Waals surface area contributed by atoms with E-state index in [2.05, 4.69) is 43.7 Å². The first-order valence-electron chi connectivity index (χ1n) is 11.4. The number of nitriles is 1. The number of imidazole rings is 1. The maximum Gasteiger partial charge on any atom is 0.219 e. The third kappa shape index (κ3) is 3.32. The van der Waals surface area contributed by atoms with Gasteiger partial charge < -0.3 is 10.3 Å². The van der Waals surface area contributed by atoms with Gasteiger partial charge in [-0.05, 0) is 62.9 Å². The van der Waals surface area contributed by atoms with Crippen LogP contribution in [0.5, 0.6) is 0 Å². The van der Waals surface area contributed by atoms with Crippen molar-refractivity contribution in [1.29, 1.82) is 5.26 Å². The number of nitrogen functional groups attached to an aromatic ring is 1. The van der Waals surface area contributed by atoms with Crippen molar-refractivity contribution in [3.63, 3.8) is 0 Å². The van der Waals surface area contributed by atoms with E-state index in [-0.39, 0.29) is 11.5 Å². The van der Waals surface area contributed by atoms with Crippen molar-refractivity contribution in [2.75, 3.05) is 5.73 Å². The van der Waals surface area contributed by atoms with E-state index in [0.717, 1.165) is 52.9 Å². The van der Waals surface area contributed by atoms with Crippen LogP contribution in [0.15, 0.2) is 49.1 Å². The van der Waals surface area contributed by atoms with E-state index >= 15 is 0 Å². The zero-order valence-corrected chi connectivity index (χ0v) is 19.3. The number of nitrogens with two attached hydrogens (primary N) is 1. The third-order valence-electron chi connectivity index (χ3n) is 6.78. The Labute approximate surface area is 201 Å². The topological polar surface area (TPSA) is 137 Å². The molecule has 5 aromatic rings. The van der Waals surface area contributed by atoms with Crippen LogP contribution in [0.1, 0.15) is 37.7 Å². The van der Waals surface area contributed by atoms with Gasteiger partial charge >= 0.3 is 0 Å². The zero-order valence-electron chi connectivity index (χ0n) is 19.3. The fourth-order valence-corrected chi connectivity index (χ4v) is 4.75. The molecule has 172 valence electrons. The molecule has 1 fully saturated rings. The highest BCUT2D eigenvalue weighted by Gasteiger charge is 2.38. The summed E-state index contributed by atoms with van der Waals surface area (Å²) in [5.74, 6) is 1.66. The Morgan fingerprint density at radius 1 is 1.03 bits per heavy atom. The van der Waals surface area contributed by atoms with Crippen molar-refractivity contribution < 1.29 is 0 Å². The normalized spacial score (nSPS) is 14.5. The molecule has 1 aliphatic rings. The number of hydrogen-bond donors (Lipinski definition) is 1. The van der Waals surface area contributed by atoms with E-state index in [4.69, 9.17) is 15.7 Å². The Morgan fingerprint density at radius 3 is 2.49 bits per heavy atom. The van der Waals surface area contributed by atoms with E-state index in [0.29, 0.717) is 17.2 Å². The largest absolute Gasteiger partial charge is 0.368 e. The van der Waals surface area contributed by atoms with Crippen LogP contribution in [0.25, 0.3) is 39.4 Å². The molecule has 6 rings (SSSR count). The maximum absolute atomic E-state index is 9.60. The Morgan fingerprint density at radius 2 is 1.83 bits per heavy atom. The van der Waals surface area contributed by atoms with Gasteiger partial charge in [0.15, 0.2) is 5.82 Å². The van der Waals surface area contributed by atoms with Crippen molar-refractivity contribution >= 4 is 17.0 Å². The lowest BCUT2D eigenvalue weighted by atomic mass is 9.78. The second-order valence-electron chi connectivity index (χ2n) is 9.05. The van der Waals surface area contributed by atoms with Crippen molar-refractivity contribution in [1.82, 2.24) is 39.3 Å². The Balaban J connectivity index is 1.62. The number of aromatic nitrogens is 8. The van der Waals surface area contributed by atoms with Gasteiger partial charge in [0, 0.05) is 23.5 Å². The molecule has 0 atom stereocenters. The second-order valence-corrected chi connectivity index (χ2v) is 9.05. The molecule has 0 saturated heterocycles. The summed E-state index contributed by atoms with van der Waals surface area (Å²) in [5, 5.41) is 14.0. The molecule has 0 bridgehead atoms. The van der Waals surface area contributed by atoms with Crippen LogP contribution in [0.3, 0.4) is 0 Å². The van der Waals surface area contributed by atoms with Gasteiger partial charge in [-0.25, -0.2) is 29.6 Å².